The Labute approximate surface area is 107 Å². The number of likely N-dealkylation sites (N-methyl/N-ethyl adjacent to an activating group) is 2. The van der Waals surface area contributed by atoms with Crippen molar-refractivity contribution in [2.24, 2.45) is 0 Å². The van der Waals surface area contributed by atoms with Gasteiger partial charge in [-0.2, -0.15) is 0 Å². The Hall–Kier alpha value is -1.63. The number of aromatic nitrogens is 2. The lowest BCUT2D eigenvalue weighted by Crippen LogP contribution is -2.35. The molecule has 7 nitrogen and oxygen atoms in total. The van der Waals surface area contributed by atoms with Crippen LogP contribution >= 0.6 is 0 Å². The summed E-state index contributed by atoms with van der Waals surface area (Å²) < 4.78 is 5.49. The summed E-state index contributed by atoms with van der Waals surface area (Å²) in [6.07, 6.45) is 1.05. The van der Waals surface area contributed by atoms with E-state index < -0.39 is 0 Å². The van der Waals surface area contributed by atoms with Gasteiger partial charge in [0.05, 0.1) is 6.54 Å². The van der Waals surface area contributed by atoms with Gasteiger partial charge in [-0.05, 0) is 19.9 Å². The Morgan fingerprint density at radius 2 is 2.17 bits per heavy atom. The zero-order chi connectivity index (χ0) is 13.4. The van der Waals surface area contributed by atoms with Gasteiger partial charge >= 0.3 is 6.01 Å². The van der Waals surface area contributed by atoms with E-state index in [2.05, 4.69) is 27.8 Å². The molecule has 18 heavy (non-hydrogen) atoms. The summed E-state index contributed by atoms with van der Waals surface area (Å²) in [6, 6.07) is 0.384. The van der Waals surface area contributed by atoms with Gasteiger partial charge in [0.15, 0.2) is 0 Å². The molecule has 0 atom stereocenters. The zero-order valence-electron chi connectivity index (χ0n) is 11.2. The van der Waals surface area contributed by atoms with Crippen LogP contribution in [0.1, 0.15) is 26.2 Å². The summed E-state index contributed by atoms with van der Waals surface area (Å²) in [6.45, 7) is 6.34. The average molecular weight is 255 g/mol. The molecular formula is C11H21N5O2. The summed E-state index contributed by atoms with van der Waals surface area (Å²) in [5.74, 6) is 0.453. The summed E-state index contributed by atoms with van der Waals surface area (Å²) >= 11 is 0. The van der Waals surface area contributed by atoms with Gasteiger partial charge in [-0.1, -0.05) is 12.0 Å². The highest BCUT2D eigenvalue weighted by Crippen LogP contribution is 2.11. The minimum atomic E-state index is -0.0827. The highest BCUT2D eigenvalue weighted by Gasteiger charge is 2.15. The molecule has 2 N–H and O–H groups in total. The van der Waals surface area contributed by atoms with Crippen molar-refractivity contribution in [3.8, 4) is 0 Å². The molecular weight excluding hydrogens is 234 g/mol. The molecule has 1 amide bonds. The topological polar surface area (TPSA) is 83.3 Å². The number of carbonyl (C=O) groups excluding carboxylic acids is 1. The lowest BCUT2D eigenvalue weighted by atomic mass is 10.5. The lowest BCUT2D eigenvalue weighted by molar-refractivity contribution is -0.119. The second-order valence-corrected chi connectivity index (χ2v) is 3.84. The van der Waals surface area contributed by atoms with Gasteiger partial charge in [-0.15, -0.1) is 5.10 Å². The first-order valence-corrected chi connectivity index (χ1v) is 6.19. The Kier molecular flexibility index (Phi) is 6.13. The number of nitrogens with one attached hydrogen (secondary N) is 2. The molecule has 1 heterocycles. The number of hydrogen-bond donors (Lipinski definition) is 2. The molecule has 0 spiro atoms. The molecule has 0 aromatic carbocycles. The third-order valence-corrected chi connectivity index (χ3v) is 2.42. The molecule has 1 rings (SSSR count). The van der Waals surface area contributed by atoms with Gasteiger partial charge in [0.25, 0.3) is 0 Å². The maximum absolute atomic E-state index is 11.3. The molecule has 0 aliphatic heterocycles. The second kappa shape index (κ2) is 7.65. The number of hydrogen-bond acceptors (Lipinski definition) is 6. The molecule has 0 saturated heterocycles. The normalized spacial score (nSPS) is 10.4. The summed E-state index contributed by atoms with van der Waals surface area (Å²) in [7, 11) is 1.60. The fourth-order valence-electron chi connectivity index (χ4n) is 1.38. The highest BCUT2D eigenvalue weighted by atomic mass is 16.4. The monoisotopic (exact) mass is 255 g/mol. The minimum Gasteiger partial charge on any atom is -0.407 e. The van der Waals surface area contributed by atoms with Crippen LogP contribution in [0, 0.1) is 0 Å². The van der Waals surface area contributed by atoms with Crippen LogP contribution in [0.25, 0.3) is 0 Å². The van der Waals surface area contributed by atoms with Crippen LogP contribution in [0.5, 0.6) is 0 Å². The van der Waals surface area contributed by atoms with E-state index >= 15 is 0 Å². The zero-order valence-corrected chi connectivity index (χ0v) is 11.2. The molecule has 0 unspecified atom stereocenters. The second-order valence-electron chi connectivity index (χ2n) is 3.84. The van der Waals surface area contributed by atoms with Crippen molar-refractivity contribution in [2.75, 3.05) is 31.6 Å². The molecule has 102 valence electrons. The molecule has 7 heteroatoms. The number of anilines is 1. The summed E-state index contributed by atoms with van der Waals surface area (Å²) in [5.41, 5.74) is 0. The Morgan fingerprint density at radius 1 is 1.39 bits per heavy atom. The minimum absolute atomic E-state index is 0.0827. The molecule has 1 aromatic heterocycles. The van der Waals surface area contributed by atoms with Crippen LogP contribution in [-0.2, 0) is 11.3 Å². The quantitative estimate of drug-likeness (QED) is 0.643. The SMILES string of the molecule is CCCNCc1nnc(N(CC)CC(=O)NC)o1. The summed E-state index contributed by atoms with van der Waals surface area (Å²) in [4.78, 5) is 13.0. The smallest absolute Gasteiger partial charge is 0.318 e. The van der Waals surface area contributed by atoms with Gasteiger partial charge < -0.3 is 20.0 Å². The van der Waals surface area contributed by atoms with E-state index in [1.54, 1.807) is 11.9 Å². The molecule has 0 aliphatic carbocycles. The first-order chi connectivity index (χ1) is 8.71. The molecule has 0 bridgehead atoms. The molecule has 0 fully saturated rings. The van der Waals surface area contributed by atoms with Crippen LogP contribution in [0.2, 0.25) is 0 Å². The summed E-state index contributed by atoms with van der Waals surface area (Å²) in [5, 5.41) is 13.6. The number of rotatable bonds is 8. The first kappa shape index (κ1) is 14.4. The van der Waals surface area contributed by atoms with E-state index in [1.807, 2.05) is 6.92 Å². The Morgan fingerprint density at radius 3 is 2.78 bits per heavy atom. The van der Waals surface area contributed by atoms with Gasteiger partial charge in [-0.3, -0.25) is 4.79 Å². The fourth-order valence-corrected chi connectivity index (χ4v) is 1.38. The van der Waals surface area contributed by atoms with Crippen molar-refractivity contribution in [3.63, 3.8) is 0 Å². The molecule has 0 radical (unpaired) electrons. The Balaban J connectivity index is 2.55. The van der Waals surface area contributed by atoms with E-state index in [9.17, 15) is 4.79 Å². The number of amides is 1. The predicted molar refractivity (Wildman–Crippen MR) is 68.2 cm³/mol. The lowest BCUT2D eigenvalue weighted by Gasteiger charge is -2.16. The van der Waals surface area contributed by atoms with Gasteiger partial charge in [0.1, 0.15) is 6.54 Å². The van der Waals surface area contributed by atoms with Crippen molar-refractivity contribution in [1.82, 2.24) is 20.8 Å². The van der Waals surface area contributed by atoms with E-state index in [0.717, 1.165) is 13.0 Å². The number of carbonyl (C=O) groups is 1. The van der Waals surface area contributed by atoms with Crippen molar-refractivity contribution in [3.05, 3.63) is 5.89 Å². The third kappa shape index (κ3) is 4.33. The van der Waals surface area contributed by atoms with Crippen molar-refractivity contribution in [2.45, 2.75) is 26.8 Å². The van der Waals surface area contributed by atoms with E-state index in [1.165, 1.54) is 0 Å². The van der Waals surface area contributed by atoms with Crippen LogP contribution in [0.4, 0.5) is 6.01 Å². The standard InChI is InChI=1S/C11H21N5O2/c1-4-6-13-7-10-14-15-11(18-10)16(5-2)8-9(17)12-3/h13H,4-8H2,1-3H3,(H,12,17). The highest BCUT2D eigenvalue weighted by molar-refractivity contribution is 5.80. The maximum Gasteiger partial charge on any atom is 0.318 e. The van der Waals surface area contributed by atoms with Crippen molar-refractivity contribution in [1.29, 1.82) is 0 Å². The largest absolute Gasteiger partial charge is 0.407 e. The number of nitrogens with zero attached hydrogens (tertiary/aromatic N) is 3. The fraction of sp³-hybridized carbons (Fsp3) is 0.727. The molecule has 0 saturated carbocycles. The average Bonchev–Trinajstić information content (AvgIpc) is 2.84. The Bertz CT molecular complexity index is 366. The molecule has 1 aromatic rings. The van der Waals surface area contributed by atoms with Crippen LogP contribution in [0.3, 0.4) is 0 Å². The maximum atomic E-state index is 11.3. The van der Waals surface area contributed by atoms with Crippen LogP contribution in [0.15, 0.2) is 4.42 Å². The van der Waals surface area contributed by atoms with Gasteiger partial charge in [0, 0.05) is 13.6 Å². The van der Waals surface area contributed by atoms with E-state index in [0.29, 0.717) is 25.0 Å². The molecule has 0 aliphatic rings. The van der Waals surface area contributed by atoms with Gasteiger partial charge in [-0.25, -0.2) is 0 Å². The predicted octanol–water partition coefficient (Wildman–Crippen LogP) is 0.142. The van der Waals surface area contributed by atoms with Crippen LogP contribution < -0.4 is 15.5 Å². The van der Waals surface area contributed by atoms with E-state index in [-0.39, 0.29) is 12.5 Å². The van der Waals surface area contributed by atoms with Crippen LogP contribution in [-0.4, -0.2) is 42.8 Å². The third-order valence-electron chi connectivity index (χ3n) is 2.42. The first-order valence-electron chi connectivity index (χ1n) is 6.19. The van der Waals surface area contributed by atoms with Crippen molar-refractivity contribution >= 4 is 11.9 Å². The van der Waals surface area contributed by atoms with Gasteiger partial charge in [0.2, 0.25) is 11.8 Å². The van der Waals surface area contributed by atoms with E-state index in [4.69, 9.17) is 4.42 Å². The van der Waals surface area contributed by atoms with Crippen molar-refractivity contribution < 1.29 is 9.21 Å².